The van der Waals surface area contributed by atoms with Crippen molar-refractivity contribution in [2.75, 3.05) is 7.11 Å². The van der Waals surface area contributed by atoms with Gasteiger partial charge in [-0.05, 0) is 67.6 Å². The summed E-state index contributed by atoms with van der Waals surface area (Å²) in [6.07, 6.45) is 0.349. The van der Waals surface area contributed by atoms with Crippen molar-refractivity contribution in [1.82, 2.24) is 0 Å². The summed E-state index contributed by atoms with van der Waals surface area (Å²) in [5, 5.41) is 0.846. The highest BCUT2D eigenvalue weighted by atomic mass is 35.5. The van der Waals surface area contributed by atoms with Gasteiger partial charge in [0.15, 0.2) is 6.10 Å². The standard InChI is InChI=1S/C25H19ClO7/c1-15(31-18-5-3-16(26)4-6-18)25(28)33-20-11-12-21-22(13-20)30-14-23(24(21)27)32-19-9-7-17(29-2)8-10-19/h3-15H,1-2H3. The van der Waals surface area contributed by atoms with Gasteiger partial charge in [-0.1, -0.05) is 11.6 Å². The van der Waals surface area contributed by atoms with Crippen LogP contribution in [0.3, 0.4) is 0 Å². The molecule has 1 aromatic heterocycles. The summed E-state index contributed by atoms with van der Waals surface area (Å²) in [5.74, 6) is 1.25. The average molecular weight is 467 g/mol. The number of halogens is 1. The third-order valence-electron chi connectivity index (χ3n) is 4.68. The van der Waals surface area contributed by atoms with Gasteiger partial charge in [-0.15, -0.1) is 0 Å². The number of carbonyl (C=O) groups is 1. The minimum Gasteiger partial charge on any atom is -0.497 e. The highest BCUT2D eigenvalue weighted by Crippen LogP contribution is 2.26. The van der Waals surface area contributed by atoms with Gasteiger partial charge in [-0.3, -0.25) is 4.79 Å². The average Bonchev–Trinajstić information content (AvgIpc) is 2.83. The highest BCUT2D eigenvalue weighted by molar-refractivity contribution is 6.30. The third-order valence-corrected chi connectivity index (χ3v) is 4.93. The normalized spacial score (nSPS) is 11.6. The Balaban J connectivity index is 1.47. The van der Waals surface area contributed by atoms with Gasteiger partial charge in [0, 0.05) is 11.1 Å². The number of carbonyl (C=O) groups excluding carboxylic acids is 1. The van der Waals surface area contributed by atoms with Crippen LogP contribution in [0.15, 0.2) is 82.2 Å². The van der Waals surface area contributed by atoms with E-state index in [2.05, 4.69) is 0 Å². The summed E-state index contributed by atoms with van der Waals surface area (Å²) in [7, 11) is 1.56. The van der Waals surface area contributed by atoms with Crippen molar-refractivity contribution in [3.63, 3.8) is 0 Å². The second kappa shape index (κ2) is 9.67. The van der Waals surface area contributed by atoms with Gasteiger partial charge in [0.2, 0.25) is 11.2 Å². The second-order valence-electron chi connectivity index (χ2n) is 7.00. The Morgan fingerprint density at radius 2 is 1.55 bits per heavy atom. The zero-order valence-corrected chi connectivity index (χ0v) is 18.5. The molecule has 1 atom stereocenters. The molecule has 0 saturated carbocycles. The van der Waals surface area contributed by atoms with Crippen LogP contribution in [0.25, 0.3) is 11.0 Å². The van der Waals surface area contributed by atoms with Crippen LogP contribution < -0.4 is 24.4 Å². The lowest BCUT2D eigenvalue weighted by Gasteiger charge is -2.14. The Morgan fingerprint density at radius 1 is 0.909 bits per heavy atom. The van der Waals surface area contributed by atoms with Crippen LogP contribution in [0, 0.1) is 0 Å². The zero-order valence-electron chi connectivity index (χ0n) is 17.7. The lowest BCUT2D eigenvalue weighted by molar-refractivity contribution is -0.141. The van der Waals surface area contributed by atoms with Gasteiger partial charge in [0.1, 0.15) is 34.8 Å². The van der Waals surface area contributed by atoms with E-state index in [9.17, 15) is 9.59 Å². The summed E-state index contributed by atoms with van der Waals surface area (Å²) < 4.78 is 27.2. The Labute approximate surface area is 194 Å². The molecule has 0 spiro atoms. The van der Waals surface area contributed by atoms with E-state index in [1.165, 1.54) is 24.5 Å². The van der Waals surface area contributed by atoms with Crippen LogP contribution in [-0.4, -0.2) is 19.2 Å². The SMILES string of the molecule is COc1ccc(Oc2coc3cc(OC(=O)C(C)Oc4ccc(Cl)cc4)ccc3c2=O)cc1. The predicted molar refractivity (Wildman–Crippen MR) is 123 cm³/mol. The molecule has 0 fully saturated rings. The number of fused-ring (bicyclic) bond motifs is 1. The lowest BCUT2D eigenvalue weighted by atomic mass is 10.2. The first-order valence-electron chi connectivity index (χ1n) is 9.94. The van der Waals surface area contributed by atoms with Crippen LogP contribution in [-0.2, 0) is 4.79 Å². The Kier molecular flexibility index (Phi) is 6.51. The molecule has 168 valence electrons. The van der Waals surface area contributed by atoms with Crippen LogP contribution in [0.4, 0.5) is 0 Å². The topological polar surface area (TPSA) is 84.2 Å². The molecule has 0 radical (unpaired) electrons. The van der Waals surface area contributed by atoms with E-state index < -0.39 is 12.1 Å². The smallest absolute Gasteiger partial charge is 0.352 e. The van der Waals surface area contributed by atoms with E-state index in [0.717, 1.165) is 0 Å². The Bertz CT molecular complexity index is 1330. The molecule has 0 amide bonds. The number of ether oxygens (including phenoxy) is 4. The fraction of sp³-hybridized carbons (Fsp3) is 0.120. The van der Waals surface area contributed by atoms with Crippen molar-refractivity contribution in [3.05, 3.63) is 88.2 Å². The van der Waals surface area contributed by atoms with Gasteiger partial charge in [0.05, 0.1) is 12.5 Å². The van der Waals surface area contributed by atoms with E-state index in [1.807, 2.05) is 0 Å². The molecule has 1 unspecified atom stereocenters. The van der Waals surface area contributed by atoms with Crippen molar-refractivity contribution < 1.29 is 28.2 Å². The van der Waals surface area contributed by atoms with Crippen LogP contribution in [0.1, 0.15) is 6.92 Å². The molecule has 0 aliphatic rings. The molecule has 0 saturated heterocycles. The molecule has 4 rings (SSSR count). The quantitative estimate of drug-likeness (QED) is 0.258. The first-order valence-corrected chi connectivity index (χ1v) is 10.3. The molecule has 0 N–H and O–H groups in total. The molecule has 0 aliphatic heterocycles. The highest BCUT2D eigenvalue weighted by Gasteiger charge is 2.18. The van der Waals surface area contributed by atoms with Crippen LogP contribution in [0.2, 0.25) is 5.02 Å². The second-order valence-corrected chi connectivity index (χ2v) is 7.44. The minimum atomic E-state index is -0.867. The molecule has 33 heavy (non-hydrogen) atoms. The Hall–Kier alpha value is -3.97. The predicted octanol–water partition coefficient (Wildman–Crippen LogP) is 5.62. The fourth-order valence-electron chi connectivity index (χ4n) is 2.96. The van der Waals surface area contributed by atoms with Crippen LogP contribution in [0.5, 0.6) is 28.7 Å². The monoisotopic (exact) mass is 466 g/mol. The zero-order chi connectivity index (χ0) is 23.4. The summed E-state index contributed by atoms with van der Waals surface area (Å²) >= 11 is 5.85. The van der Waals surface area contributed by atoms with Crippen molar-refractivity contribution in [2.45, 2.75) is 13.0 Å². The van der Waals surface area contributed by atoms with Gasteiger partial charge >= 0.3 is 5.97 Å². The van der Waals surface area contributed by atoms with Crippen molar-refractivity contribution in [2.24, 2.45) is 0 Å². The number of esters is 1. The molecular weight excluding hydrogens is 448 g/mol. The third kappa shape index (κ3) is 5.27. The van der Waals surface area contributed by atoms with Crippen molar-refractivity contribution in [1.29, 1.82) is 0 Å². The maximum atomic E-state index is 12.8. The summed E-state index contributed by atoms with van der Waals surface area (Å²) in [5.41, 5.74) is -0.108. The summed E-state index contributed by atoms with van der Waals surface area (Å²) in [6, 6.07) is 17.9. The van der Waals surface area contributed by atoms with Gasteiger partial charge in [-0.2, -0.15) is 0 Å². The number of rotatable bonds is 7. The van der Waals surface area contributed by atoms with E-state index >= 15 is 0 Å². The van der Waals surface area contributed by atoms with Gasteiger partial charge in [0.25, 0.3) is 0 Å². The van der Waals surface area contributed by atoms with E-state index in [-0.39, 0.29) is 27.9 Å². The molecule has 0 aliphatic carbocycles. The van der Waals surface area contributed by atoms with Gasteiger partial charge < -0.3 is 23.4 Å². The number of hydrogen-bond donors (Lipinski definition) is 0. The molecule has 8 heteroatoms. The van der Waals surface area contributed by atoms with Crippen LogP contribution >= 0.6 is 11.6 Å². The van der Waals surface area contributed by atoms with E-state index in [0.29, 0.717) is 22.3 Å². The summed E-state index contributed by atoms with van der Waals surface area (Å²) in [4.78, 5) is 25.2. The number of benzene rings is 3. The molecule has 0 bridgehead atoms. The molecule has 7 nitrogen and oxygen atoms in total. The van der Waals surface area contributed by atoms with Gasteiger partial charge in [-0.25, -0.2) is 4.79 Å². The van der Waals surface area contributed by atoms with E-state index in [1.54, 1.807) is 62.6 Å². The maximum Gasteiger partial charge on any atom is 0.352 e. The first kappa shape index (κ1) is 22.2. The minimum absolute atomic E-state index is 0.0300. The maximum absolute atomic E-state index is 12.8. The molecule has 4 aromatic rings. The fourth-order valence-corrected chi connectivity index (χ4v) is 3.09. The number of hydrogen-bond acceptors (Lipinski definition) is 7. The molecule has 3 aromatic carbocycles. The lowest BCUT2D eigenvalue weighted by Crippen LogP contribution is -2.28. The van der Waals surface area contributed by atoms with Crippen molar-refractivity contribution >= 4 is 28.5 Å². The summed E-state index contributed by atoms with van der Waals surface area (Å²) in [6.45, 7) is 1.57. The molecular formula is C25H19ClO7. The van der Waals surface area contributed by atoms with Crippen molar-refractivity contribution in [3.8, 4) is 28.7 Å². The Morgan fingerprint density at radius 3 is 2.24 bits per heavy atom. The van der Waals surface area contributed by atoms with E-state index in [4.69, 9.17) is 35.0 Å². The molecule has 1 heterocycles. The first-order chi connectivity index (χ1) is 15.9. The largest absolute Gasteiger partial charge is 0.497 e. The number of methoxy groups -OCH3 is 1.